The van der Waals surface area contributed by atoms with Crippen molar-refractivity contribution in [2.75, 3.05) is 0 Å². The second-order valence-corrected chi connectivity index (χ2v) is 3.40. The number of rotatable bonds is 5. The number of nitrogens with zero attached hydrogens (tertiary/aromatic N) is 1. The van der Waals surface area contributed by atoms with Gasteiger partial charge in [-0.2, -0.15) is 0 Å². The van der Waals surface area contributed by atoms with Crippen molar-refractivity contribution >= 4 is 23.8 Å². The first-order valence-electron chi connectivity index (χ1n) is 4.69. The van der Waals surface area contributed by atoms with Gasteiger partial charge in [-0.1, -0.05) is 0 Å². The minimum atomic E-state index is -1.63. The molecule has 16 heavy (non-hydrogen) atoms. The van der Waals surface area contributed by atoms with Gasteiger partial charge in [-0.15, -0.1) is 0 Å². The van der Waals surface area contributed by atoms with Crippen molar-refractivity contribution in [3.05, 3.63) is 0 Å². The maximum Gasteiger partial charge on any atom is 0.230 e. The van der Waals surface area contributed by atoms with E-state index in [-0.39, 0.29) is 19.3 Å². The van der Waals surface area contributed by atoms with E-state index in [1.165, 1.54) is 0 Å². The van der Waals surface area contributed by atoms with Gasteiger partial charge in [0.15, 0.2) is 0 Å². The molecule has 1 atom stereocenters. The van der Waals surface area contributed by atoms with Crippen molar-refractivity contribution in [2.45, 2.75) is 31.7 Å². The number of hydrogen-bond acceptors (Lipinski definition) is 6. The fourth-order valence-corrected chi connectivity index (χ4v) is 1.55. The Balaban J connectivity index is 2.76. The van der Waals surface area contributed by atoms with Crippen molar-refractivity contribution in [3.63, 3.8) is 0 Å². The third-order valence-electron chi connectivity index (χ3n) is 2.30. The molecular weight excluding hydrogens is 218 g/mol. The summed E-state index contributed by atoms with van der Waals surface area (Å²) in [5, 5.41) is 20.9. The fraction of sp³-hybridized carbons (Fsp3) is 0.556. The number of likely N-dealkylation sites (tertiary alicyclic amines) is 1. The number of carbonyl (C=O) groups is 4. The first-order chi connectivity index (χ1) is 7.43. The van der Waals surface area contributed by atoms with Crippen molar-refractivity contribution in [3.8, 4) is 0 Å². The van der Waals surface area contributed by atoms with Crippen LogP contribution in [0.3, 0.4) is 0 Å². The highest BCUT2D eigenvalue weighted by Crippen LogP contribution is 2.18. The zero-order valence-corrected chi connectivity index (χ0v) is 8.30. The Kier molecular flexibility index (Phi) is 3.60. The quantitative estimate of drug-likeness (QED) is 0.456. The van der Waals surface area contributed by atoms with Gasteiger partial charge in [0.25, 0.3) is 0 Å². The van der Waals surface area contributed by atoms with E-state index in [0.29, 0.717) is 4.90 Å². The van der Waals surface area contributed by atoms with E-state index in [1.54, 1.807) is 0 Å². The molecule has 7 nitrogen and oxygen atoms in total. The van der Waals surface area contributed by atoms with Gasteiger partial charge >= 0.3 is 0 Å². The van der Waals surface area contributed by atoms with Gasteiger partial charge in [-0.25, -0.2) is 0 Å². The molecule has 0 radical (unpaired) electrons. The third-order valence-corrected chi connectivity index (χ3v) is 2.30. The number of carboxylic acids is 2. The lowest BCUT2D eigenvalue weighted by Crippen LogP contribution is -2.50. The Morgan fingerprint density at radius 2 is 1.69 bits per heavy atom. The van der Waals surface area contributed by atoms with E-state index in [1.807, 2.05) is 0 Å². The van der Waals surface area contributed by atoms with E-state index < -0.39 is 36.2 Å². The summed E-state index contributed by atoms with van der Waals surface area (Å²) in [5.74, 6) is -4.30. The smallest absolute Gasteiger partial charge is 0.230 e. The molecule has 0 unspecified atom stereocenters. The third kappa shape index (κ3) is 2.56. The summed E-state index contributed by atoms with van der Waals surface area (Å²) < 4.78 is 0. The number of hydrogen-bond donors (Lipinski definition) is 0. The van der Waals surface area contributed by atoms with Crippen LogP contribution in [0, 0.1) is 0 Å². The standard InChI is InChI=1S/C9H11NO6/c11-6-2-3-7(12)10(6)5(9(15)16)1-4-8(13)14/h5H,1-4H2,(H,13,14)(H,15,16)/p-2/t5-/m1/s1. The molecule has 0 aliphatic carbocycles. The SMILES string of the molecule is O=C([O-])CC[C@H](C(=O)[O-])N1C(=O)CCC1=O. The Labute approximate surface area is 90.6 Å². The molecule has 1 rings (SSSR count). The van der Waals surface area contributed by atoms with Gasteiger partial charge < -0.3 is 19.8 Å². The van der Waals surface area contributed by atoms with Crippen molar-refractivity contribution in [1.29, 1.82) is 0 Å². The molecule has 1 aliphatic rings. The molecule has 0 N–H and O–H groups in total. The fourth-order valence-electron chi connectivity index (χ4n) is 1.55. The molecule has 0 saturated carbocycles. The molecular formula is C9H9NO6-2. The van der Waals surface area contributed by atoms with Gasteiger partial charge in [0, 0.05) is 18.8 Å². The second kappa shape index (κ2) is 4.73. The molecule has 0 aromatic heterocycles. The lowest BCUT2D eigenvalue weighted by Gasteiger charge is -2.27. The summed E-state index contributed by atoms with van der Waals surface area (Å²) in [6.07, 6.45) is -1.03. The van der Waals surface area contributed by atoms with Crippen molar-refractivity contribution in [1.82, 2.24) is 4.90 Å². The number of carbonyl (C=O) groups excluding carboxylic acids is 4. The van der Waals surface area contributed by atoms with Crippen LogP contribution in [0.4, 0.5) is 0 Å². The summed E-state index contributed by atoms with van der Waals surface area (Å²) in [4.78, 5) is 43.9. The largest absolute Gasteiger partial charge is 0.550 e. The molecule has 1 aliphatic heterocycles. The second-order valence-electron chi connectivity index (χ2n) is 3.40. The topological polar surface area (TPSA) is 118 Å². The molecule has 0 bridgehead atoms. The van der Waals surface area contributed by atoms with Crippen LogP contribution in [0.5, 0.6) is 0 Å². The number of amides is 2. The zero-order valence-electron chi connectivity index (χ0n) is 8.30. The van der Waals surface area contributed by atoms with Crippen LogP contribution < -0.4 is 10.2 Å². The van der Waals surface area contributed by atoms with Crippen LogP contribution in [-0.4, -0.2) is 34.7 Å². The molecule has 1 heterocycles. The van der Waals surface area contributed by atoms with Gasteiger partial charge in [-0.05, 0) is 12.8 Å². The van der Waals surface area contributed by atoms with Crippen LogP contribution in [0.15, 0.2) is 0 Å². The van der Waals surface area contributed by atoms with Crippen LogP contribution in [0.1, 0.15) is 25.7 Å². The molecule has 0 spiro atoms. The normalized spacial score (nSPS) is 17.6. The maximum absolute atomic E-state index is 11.2. The summed E-state index contributed by atoms with van der Waals surface area (Å²) in [5.41, 5.74) is 0. The number of carboxylic acid groups (broad SMARTS) is 2. The summed E-state index contributed by atoms with van der Waals surface area (Å²) in [6, 6.07) is -1.51. The average molecular weight is 227 g/mol. The van der Waals surface area contributed by atoms with Gasteiger partial charge in [0.1, 0.15) is 0 Å². The summed E-state index contributed by atoms with van der Waals surface area (Å²) in [6.45, 7) is 0. The van der Waals surface area contributed by atoms with Crippen LogP contribution in [0.2, 0.25) is 0 Å². The Hall–Kier alpha value is -1.92. The molecule has 2 amide bonds. The first kappa shape index (κ1) is 12.2. The first-order valence-corrected chi connectivity index (χ1v) is 4.69. The predicted molar refractivity (Wildman–Crippen MR) is 44.1 cm³/mol. The Morgan fingerprint density at radius 1 is 1.19 bits per heavy atom. The van der Waals surface area contributed by atoms with Crippen LogP contribution in [-0.2, 0) is 19.2 Å². The molecule has 0 aromatic rings. The van der Waals surface area contributed by atoms with Gasteiger partial charge in [0.05, 0.1) is 12.0 Å². The zero-order chi connectivity index (χ0) is 12.3. The van der Waals surface area contributed by atoms with E-state index in [2.05, 4.69) is 0 Å². The minimum absolute atomic E-state index is 0.0477. The van der Waals surface area contributed by atoms with E-state index in [0.717, 1.165) is 0 Å². The van der Waals surface area contributed by atoms with E-state index in [9.17, 15) is 29.4 Å². The van der Waals surface area contributed by atoms with Gasteiger partial charge in [-0.3, -0.25) is 14.5 Å². The summed E-state index contributed by atoms with van der Waals surface area (Å²) >= 11 is 0. The molecule has 7 heteroatoms. The number of aliphatic carboxylic acids is 2. The molecule has 0 aromatic carbocycles. The van der Waals surface area contributed by atoms with E-state index >= 15 is 0 Å². The van der Waals surface area contributed by atoms with Crippen molar-refractivity contribution in [2.24, 2.45) is 0 Å². The maximum atomic E-state index is 11.2. The lowest BCUT2D eigenvalue weighted by molar-refractivity contribution is -0.312. The molecule has 88 valence electrons. The molecule has 1 saturated heterocycles. The highest BCUT2D eigenvalue weighted by Gasteiger charge is 2.35. The highest BCUT2D eigenvalue weighted by atomic mass is 16.4. The van der Waals surface area contributed by atoms with Crippen LogP contribution in [0.25, 0.3) is 0 Å². The van der Waals surface area contributed by atoms with Gasteiger partial charge in [0.2, 0.25) is 11.8 Å². The summed E-state index contributed by atoms with van der Waals surface area (Å²) in [7, 11) is 0. The van der Waals surface area contributed by atoms with Crippen molar-refractivity contribution < 1.29 is 29.4 Å². The Morgan fingerprint density at radius 3 is 2.06 bits per heavy atom. The lowest BCUT2D eigenvalue weighted by atomic mass is 10.1. The van der Waals surface area contributed by atoms with Crippen LogP contribution >= 0.6 is 0 Å². The minimum Gasteiger partial charge on any atom is -0.550 e. The Bertz CT molecular complexity index is 334. The van der Waals surface area contributed by atoms with E-state index in [4.69, 9.17) is 0 Å². The predicted octanol–water partition coefficient (Wildman–Crippen LogP) is -3.22. The number of imide groups is 1. The highest BCUT2D eigenvalue weighted by molar-refractivity contribution is 6.04. The molecule has 1 fully saturated rings. The monoisotopic (exact) mass is 227 g/mol. The average Bonchev–Trinajstić information content (AvgIpc) is 2.48.